The minimum absolute atomic E-state index is 0.250. The lowest BCUT2D eigenvalue weighted by Crippen LogP contribution is -2.34. The Morgan fingerprint density at radius 3 is 2.64 bits per heavy atom. The first kappa shape index (κ1) is 16.7. The van der Waals surface area contributed by atoms with Gasteiger partial charge >= 0.3 is 0 Å². The highest BCUT2D eigenvalue weighted by molar-refractivity contribution is 14.1. The van der Waals surface area contributed by atoms with Crippen molar-refractivity contribution < 1.29 is 9.53 Å². The monoisotopic (exact) mass is 426 g/mol. The second kappa shape index (κ2) is 7.55. The smallest absolute Gasteiger partial charge is 0.261 e. The van der Waals surface area contributed by atoms with Gasteiger partial charge in [0.2, 0.25) is 0 Å². The van der Waals surface area contributed by atoms with E-state index in [0.29, 0.717) is 11.3 Å². The summed E-state index contributed by atoms with van der Waals surface area (Å²) >= 11 is 7.45. The Hall–Kier alpha value is -1.67. The number of halogens is 1. The van der Waals surface area contributed by atoms with Gasteiger partial charge in [0.1, 0.15) is 5.75 Å². The summed E-state index contributed by atoms with van der Waals surface area (Å²) in [6, 6.07) is 12.9. The lowest BCUT2D eigenvalue weighted by molar-refractivity contribution is 0.0975. The van der Waals surface area contributed by atoms with Crippen LogP contribution in [0.5, 0.6) is 5.75 Å². The van der Waals surface area contributed by atoms with E-state index >= 15 is 0 Å². The maximum absolute atomic E-state index is 12.2. The quantitative estimate of drug-likeness (QED) is 0.580. The van der Waals surface area contributed by atoms with Crippen molar-refractivity contribution in [2.75, 3.05) is 12.4 Å². The number of anilines is 1. The van der Waals surface area contributed by atoms with E-state index in [-0.39, 0.29) is 11.0 Å². The summed E-state index contributed by atoms with van der Waals surface area (Å²) in [5.41, 5.74) is 2.36. The van der Waals surface area contributed by atoms with Crippen LogP contribution < -0.4 is 15.4 Å². The second-order valence-corrected chi connectivity index (χ2v) is 6.22. The van der Waals surface area contributed by atoms with Gasteiger partial charge in [0.05, 0.1) is 12.7 Å². The molecule has 2 aromatic carbocycles. The summed E-state index contributed by atoms with van der Waals surface area (Å²) < 4.78 is 6.32. The third kappa shape index (κ3) is 4.17. The second-order valence-electron chi connectivity index (χ2n) is 4.57. The Morgan fingerprint density at radius 2 is 1.95 bits per heavy atom. The number of rotatable bonds is 3. The number of hydrogen-bond donors (Lipinski definition) is 2. The SMILES string of the molecule is COc1ccccc1C(=O)NC(=S)Nc1ccc(I)cc1C. The van der Waals surface area contributed by atoms with Crippen LogP contribution in [0, 0.1) is 10.5 Å². The summed E-state index contributed by atoms with van der Waals surface area (Å²) in [5.74, 6) is 0.200. The van der Waals surface area contributed by atoms with Crippen LogP contribution in [0.4, 0.5) is 5.69 Å². The first-order valence-electron chi connectivity index (χ1n) is 6.52. The highest BCUT2D eigenvalue weighted by Crippen LogP contribution is 2.19. The van der Waals surface area contributed by atoms with Gasteiger partial charge in [-0.3, -0.25) is 10.1 Å². The summed E-state index contributed by atoms with van der Waals surface area (Å²) in [4.78, 5) is 12.2. The van der Waals surface area contributed by atoms with Gasteiger partial charge in [-0.05, 0) is 77.6 Å². The molecule has 0 saturated carbocycles. The molecule has 0 saturated heterocycles. The predicted octanol–water partition coefficient (Wildman–Crippen LogP) is 3.74. The van der Waals surface area contributed by atoms with Crippen LogP contribution in [0.15, 0.2) is 42.5 Å². The first-order valence-corrected chi connectivity index (χ1v) is 8.01. The van der Waals surface area contributed by atoms with E-state index in [1.165, 1.54) is 7.11 Å². The Balaban J connectivity index is 2.07. The van der Waals surface area contributed by atoms with E-state index in [1.807, 2.05) is 25.1 Å². The van der Waals surface area contributed by atoms with Gasteiger partial charge in [0, 0.05) is 9.26 Å². The molecule has 22 heavy (non-hydrogen) atoms. The number of ether oxygens (including phenoxy) is 1. The highest BCUT2D eigenvalue weighted by Gasteiger charge is 2.13. The molecular weight excluding hydrogens is 411 g/mol. The number of benzene rings is 2. The molecule has 2 aromatic rings. The molecule has 0 aliphatic carbocycles. The molecule has 0 unspecified atom stereocenters. The van der Waals surface area contributed by atoms with Crippen molar-refractivity contribution in [1.82, 2.24) is 5.32 Å². The van der Waals surface area contributed by atoms with Crippen molar-refractivity contribution in [2.45, 2.75) is 6.92 Å². The van der Waals surface area contributed by atoms with Gasteiger partial charge in [0.25, 0.3) is 5.91 Å². The number of nitrogens with one attached hydrogen (secondary N) is 2. The maximum atomic E-state index is 12.2. The molecule has 0 aromatic heterocycles. The number of aryl methyl sites for hydroxylation is 1. The number of thiocarbonyl (C=S) groups is 1. The fourth-order valence-electron chi connectivity index (χ4n) is 1.92. The minimum Gasteiger partial charge on any atom is -0.496 e. The van der Waals surface area contributed by atoms with E-state index in [4.69, 9.17) is 17.0 Å². The van der Waals surface area contributed by atoms with Crippen molar-refractivity contribution in [3.63, 3.8) is 0 Å². The molecule has 114 valence electrons. The van der Waals surface area contributed by atoms with E-state index < -0.39 is 0 Å². The van der Waals surface area contributed by atoms with E-state index in [2.05, 4.69) is 33.2 Å². The predicted molar refractivity (Wildman–Crippen MR) is 101 cm³/mol. The fraction of sp³-hybridized carbons (Fsp3) is 0.125. The van der Waals surface area contributed by atoms with Gasteiger partial charge in [-0.25, -0.2) is 0 Å². The van der Waals surface area contributed by atoms with Crippen LogP contribution in [0.25, 0.3) is 0 Å². The zero-order valence-electron chi connectivity index (χ0n) is 12.1. The third-order valence-electron chi connectivity index (χ3n) is 3.02. The molecule has 6 heteroatoms. The molecule has 0 radical (unpaired) electrons. The van der Waals surface area contributed by atoms with Crippen molar-refractivity contribution in [3.05, 3.63) is 57.2 Å². The van der Waals surface area contributed by atoms with Crippen LogP contribution in [0.3, 0.4) is 0 Å². The lowest BCUT2D eigenvalue weighted by atomic mass is 10.2. The molecule has 0 fully saturated rings. The lowest BCUT2D eigenvalue weighted by Gasteiger charge is -2.13. The van der Waals surface area contributed by atoms with Crippen LogP contribution >= 0.6 is 34.8 Å². The summed E-state index contributed by atoms with van der Waals surface area (Å²) in [7, 11) is 1.53. The van der Waals surface area contributed by atoms with E-state index in [9.17, 15) is 4.79 Å². The summed E-state index contributed by atoms with van der Waals surface area (Å²) in [6.07, 6.45) is 0. The van der Waals surface area contributed by atoms with Gasteiger partial charge in [-0.15, -0.1) is 0 Å². The largest absolute Gasteiger partial charge is 0.496 e. The number of carbonyl (C=O) groups excluding carboxylic acids is 1. The number of hydrogen-bond acceptors (Lipinski definition) is 3. The van der Waals surface area contributed by atoms with E-state index in [1.54, 1.807) is 24.3 Å². The van der Waals surface area contributed by atoms with Crippen molar-refractivity contribution in [3.8, 4) is 5.75 Å². The molecule has 0 spiro atoms. The Kier molecular flexibility index (Phi) is 5.73. The topological polar surface area (TPSA) is 50.4 Å². The number of methoxy groups -OCH3 is 1. The molecule has 0 atom stereocenters. The normalized spacial score (nSPS) is 9.95. The van der Waals surface area contributed by atoms with Crippen LogP contribution in [0.1, 0.15) is 15.9 Å². The van der Waals surface area contributed by atoms with E-state index in [0.717, 1.165) is 14.8 Å². The number of amides is 1. The van der Waals surface area contributed by atoms with Gasteiger partial charge < -0.3 is 10.1 Å². The van der Waals surface area contributed by atoms with Crippen molar-refractivity contribution in [2.24, 2.45) is 0 Å². The average molecular weight is 426 g/mol. The molecule has 2 rings (SSSR count). The zero-order chi connectivity index (χ0) is 16.1. The third-order valence-corrected chi connectivity index (χ3v) is 3.89. The van der Waals surface area contributed by atoms with Gasteiger partial charge in [-0.1, -0.05) is 12.1 Å². The Bertz CT molecular complexity index is 719. The molecule has 0 aliphatic heterocycles. The van der Waals surface area contributed by atoms with Crippen LogP contribution in [0.2, 0.25) is 0 Å². The summed E-state index contributed by atoms with van der Waals surface area (Å²) in [6.45, 7) is 1.98. The molecule has 0 aliphatic rings. The fourth-order valence-corrected chi connectivity index (χ4v) is 2.77. The molecule has 1 amide bonds. The average Bonchev–Trinajstić information content (AvgIpc) is 2.50. The molecule has 2 N–H and O–H groups in total. The minimum atomic E-state index is -0.307. The Labute approximate surface area is 148 Å². The Morgan fingerprint density at radius 1 is 1.23 bits per heavy atom. The molecule has 4 nitrogen and oxygen atoms in total. The first-order chi connectivity index (χ1) is 10.5. The van der Waals surface area contributed by atoms with Crippen molar-refractivity contribution >= 4 is 51.5 Å². The highest BCUT2D eigenvalue weighted by atomic mass is 127. The van der Waals surface area contributed by atoms with Crippen LogP contribution in [-0.4, -0.2) is 18.1 Å². The number of para-hydroxylation sites is 1. The number of carbonyl (C=O) groups is 1. The maximum Gasteiger partial charge on any atom is 0.261 e. The van der Waals surface area contributed by atoms with Gasteiger partial charge in [-0.2, -0.15) is 0 Å². The standard InChI is InChI=1S/C16H15IN2O2S/c1-10-9-11(17)7-8-13(10)18-16(22)19-15(20)12-5-3-4-6-14(12)21-2/h3-9H,1-2H3,(H2,18,19,20,22). The molecule has 0 bridgehead atoms. The molecule has 0 heterocycles. The summed E-state index contributed by atoms with van der Waals surface area (Å²) in [5, 5.41) is 5.94. The van der Waals surface area contributed by atoms with Gasteiger partial charge in [0.15, 0.2) is 5.11 Å². The molecular formula is C16H15IN2O2S. The zero-order valence-corrected chi connectivity index (χ0v) is 15.1. The van der Waals surface area contributed by atoms with Crippen molar-refractivity contribution in [1.29, 1.82) is 0 Å². The van der Waals surface area contributed by atoms with Crippen LogP contribution in [-0.2, 0) is 0 Å².